The van der Waals surface area contributed by atoms with Gasteiger partial charge in [0.15, 0.2) is 0 Å². The zero-order valence-corrected chi connectivity index (χ0v) is 13.5. The minimum atomic E-state index is -0.316. The van der Waals surface area contributed by atoms with Gasteiger partial charge in [-0.1, -0.05) is 12.1 Å². The second-order valence-electron chi connectivity index (χ2n) is 5.87. The van der Waals surface area contributed by atoms with Crippen LogP contribution < -0.4 is 11.1 Å². The van der Waals surface area contributed by atoms with Gasteiger partial charge >= 0.3 is 0 Å². The first-order chi connectivity index (χ1) is 9.83. The van der Waals surface area contributed by atoms with Crippen molar-refractivity contribution in [1.29, 1.82) is 0 Å². The normalized spacial score (nSPS) is 11.4. The highest BCUT2D eigenvalue weighted by Gasteiger charge is 2.13. The summed E-state index contributed by atoms with van der Waals surface area (Å²) in [4.78, 5) is 16.3. The molecule has 112 valence electrons. The van der Waals surface area contributed by atoms with Crippen LogP contribution in [-0.4, -0.2) is 16.4 Å². The highest BCUT2D eigenvalue weighted by Crippen LogP contribution is 2.23. The second kappa shape index (κ2) is 6.37. The molecule has 0 aliphatic carbocycles. The summed E-state index contributed by atoms with van der Waals surface area (Å²) in [5.41, 5.74) is 8.39. The van der Waals surface area contributed by atoms with E-state index in [1.807, 2.05) is 50.4 Å². The van der Waals surface area contributed by atoms with E-state index in [9.17, 15) is 4.79 Å². The number of aromatic nitrogens is 1. The molecule has 5 heteroatoms. The molecule has 0 aliphatic rings. The van der Waals surface area contributed by atoms with Crippen LogP contribution in [0.3, 0.4) is 0 Å². The SMILES string of the molecule is Cc1nc(-c2ccc(NC(=O)CCC(C)(C)N)cc2)cs1. The Morgan fingerprint density at radius 2 is 2.00 bits per heavy atom. The molecular weight excluding hydrogens is 282 g/mol. The molecule has 1 amide bonds. The zero-order chi connectivity index (χ0) is 15.5. The number of nitrogens with two attached hydrogens (primary N) is 1. The van der Waals surface area contributed by atoms with Gasteiger partial charge in [-0.2, -0.15) is 0 Å². The van der Waals surface area contributed by atoms with Gasteiger partial charge in [-0.3, -0.25) is 4.79 Å². The molecule has 2 rings (SSSR count). The second-order valence-corrected chi connectivity index (χ2v) is 6.93. The Bertz CT molecular complexity index is 611. The van der Waals surface area contributed by atoms with Gasteiger partial charge in [-0.05, 0) is 39.3 Å². The van der Waals surface area contributed by atoms with Crippen molar-refractivity contribution in [3.63, 3.8) is 0 Å². The summed E-state index contributed by atoms with van der Waals surface area (Å²) in [6.45, 7) is 5.83. The van der Waals surface area contributed by atoms with Crippen LogP contribution in [0.25, 0.3) is 11.3 Å². The molecule has 4 nitrogen and oxygen atoms in total. The van der Waals surface area contributed by atoms with Gasteiger partial charge in [0.2, 0.25) is 5.91 Å². The number of hydrogen-bond donors (Lipinski definition) is 2. The maximum Gasteiger partial charge on any atom is 0.224 e. The molecular formula is C16H21N3OS. The van der Waals surface area contributed by atoms with E-state index in [0.717, 1.165) is 22.0 Å². The van der Waals surface area contributed by atoms with Crippen molar-refractivity contribution in [1.82, 2.24) is 4.98 Å². The van der Waals surface area contributed by atoms with Crippen molar-refractivity contribution in [3.8, 4) is 11.3 Å². The number of amides is 1. The summed E-state index contributed by atoms with van der Waals surface area (Å²) >= 11 is 1.63. The van der Waals surface area contributed by atoms with Gasteiger partial charge in [-0.15, -0.1) is 11.3 Å². The fourth-order valence-corrected chi connectivity index (χ4v) is 2.50. The van der Waals surface area contributed by atoms with Crippen molar-refractivity contribution in [2.75, 3.05) is 5.32 Å². The van der Waals surface area contributed by atoms with E-state index in [0.29, 0.717) is 12.8 Å². The van der Waals surface area contributed by atoms with E-state index in [-0.39, 0.29) is 11.4 Å². The Morgan fingerprint density at radius 1 is 1.33 bits per heavy atom. The predicted molar refractivity (Wildman–Crippen MR) is 88.4 cm³/mol. The third kappa shape index (κ3) is 4.95. The van der Waals surface area contributed by atoms with Gasteiger partial charge in [-0.25, -0.2) is 4.98 Å². The smallest absolute Gasteiger partial charge is 0.224 e. The molecule has 0 unspecified atom stereocenters. The lowest BCUT2D eigenvalue weighted by Gasteiger charge is -2.17. The van der Waals surface area contributed by atoms with Crippen LogP contribution in [0.5, 0.6) is 0 Å². The molecule has 0 radical (unpaired) electrons. The van der Waals surface area contributed by atoms with Gasteiger partial charge in [0.25, 0.3) is 0 Å². The summed E-state index contributed by atoms with van der Waals surface area (Å²) in [6, 6.07) is 7.74. The number of nitrogens with one attached hydrogen (secondary N) is 1. The molecule has 0 saturated heterocycles. The molecule has 0 saturated carbocycles. The van der Waals surface area contributed by atoms with Gasteiger partial charge < -0.3 is 11.1 Å². The van der Waals surface area contributed by atoms with Gasteiger partial charge in [0.1, 0.15) is 0 Å². The molecule has 21 heavy (non-hydrogen) atoms. The molecule has 1 aromatic heterocycles. The molecule has 0 atom stereocenters. The fourth-order valence-electron chi connectivity index (χ4n) is 1.88. The van der Waals surface area contributed by atoms with Crippen LogP contribution in [0, 0.1) is 6.92 Å². The number of aryl methyl sites for hydroxylation is 1. The van der Waals surface area contributed by atoms with Crippen LogP contribution in [0.2, 0.25) is 0 Å². The molecule has 0 spiro atoms. The summed E-state index contributed by atoms with van der Waals surface area (Å²) in [5, 5.41) is 5.97. The largest absolute Gasteiger partial charge is 0.326 e. The molecule has 1 aromatic carbocycles. The fraction of sp³-hybridized carbons (Fsp3) is 0.375. The van der Waals surface area contributed by atoms with E-state index in [1.54, 1.807) is 11.3 Å². The average molecular weight is 303 g/mol. The third-order valence-electron chi connectivity index (χ3n) is 3.08. The molecule has 0 fully saturated rings. The van der Waals surface area contributed by atoms with Crippen LogP contribution in [0.15, 0.2) is 29.6 Å². The van der Waals surface area contributed by atoms with Crippen molar-refractivity contribution in [2.24, 2.45) is 5.73 Å². The van der Waals surface area contributed by atoms with Crippen LogP contribution >= 0.6 is 11.3 Å². The molecule has 2 aromatic rings. The van der Waals surface area contributed by atoms with E-state index in [1.165, 1.54) is 0 Å². The first kappa shape index (κ1) is 15.7. The lowest BCUT2D eigenvalue weighted by Crippen LogP contribution is -2.33. The van der Waals surface area contributed by atoms with Gasteiger partial charge in [0.05, 0.1) is 10.7 Å². The highest BCUT2D eigenvalue weighted by molar-refractivity contribution is 7.09. The van der Waals surface area contributed by atoms with E-state index in [4.69, 9.17) is 5.73 Å². The van der Waals surface area contributed by atoms with Crippen molar-refractivity contribution >= 4 is 22.9 Å². The molecule has 0 bridgehead atoms. The number of carbonyl (C=O) groups excluding carboxylic acids is 1. The number of carbonyl (C=O) groups is 1. The summed E-state index contributed by atoms with van der Waals surface area (Å²) in [7, 11) is 0. The molecule has 3 N–H and O–H groups in total. The summed E-state index contributed by atoms with van der Waals surface area (Å²) in [5.74, 6) is -0.00854. The maximum atomic E-state index is 11.8. The Labute approximate surface area is 129 Å². The maximum absolute atomic E-state index is 11.8. The number of rotatable bonds is 5. The average Bonchev–Trinajstić information content (AvgIpc) is 2.83. The van der Waals surface area contributed by atoms with Crippen LogP contribution in [-0.2, 0) is 4.79 Å². The summed E-state index contributed by atoms with van der Waals surface area (Å²) in [6.07, 6.45) is 1.09. The number of benzene rings is 1. The van der Waals surface area contributed by atoms with E-state index >= 15 is 0 Å². The number of nitrogens with zero attached hydrogens (tertiary/aromatic N) is 1. The molecule has 0 aliphatic heterocycles. The van der Waals surface area contributed by atoms with Crippen LogP contribution in [0.4, 0.5) is 5.69 Å². The van der Waals surface area contributed by atoms with Crippen molar-refractivity contribution in [3.05, 3.63) is 34.7 Å². The lowest BCUT2D eigenvalue weighted by atomic mass is 10.00. The Kier molecular flexibility index (Phi) is 4.75. The van der Waals surface area contributed by atoms with E-state index in [2.05, 4.69) is 10.3 Å². The quantitative estimate of drug-likeness (QED) is 0.887. The Morgan fingerprint density at radius 3 is 2.52 bits per heavy atom. The number of anilines is 1. The lowest BCUT2D eigenvalue weighted by molar-refractivity contribution is -0.116. The predicted octanol–water partition coefficient (Wildman–Crippen LogP) is 3.57. The number of thiazole rings is 1. The minimum Gasteiger partial charge on any atom is -0.326 e. The Hall–Kier alpha value is -1.72. The topological polar surface area (TPSA) is 68.0 Å². The van der Waals surface area contributed by atoms with E-state index < -0.39 is 0 Å². The van der Waals surface area contributed by atoms with Crippen molar-refractivity contribution in [2.45, 2.75) is 39.2 Å². The summed E-state index contributed by atoms with van der Waals surface area (Å²) < 4.78 is 0. The third-order valence-corrected chi connectivity index (χ3v) is 3.85. The van der Waals surface area contributed by atoms with Gasteiger partial charge in [0, 0.05) is 28.6 Å². The minimum absolute atomic E-state index is 0.00854. The standard InChI is InChI=1S/C16H21N3OS/c1-11-18-14(10-21-11)12-4-6-13(7-5-12)19-15(20)8-9-16(2,3)17/h4-7,10H,8-9,17H2,1-3H3,(H,19,20). The van der Waals surface area contributed by atoms with Crippen molar-refractivity contribution < 1.29 is 4.79 Å². The highest BCUT2D eigenvalue weighted by atomic mass is 32.1. The van der Waals surface area contributed by atoms with Crippen LogP contribution in [0.1, 0.15) is 31.7 Å². The zero-order valence-electron chi connectivity index (χ0n) is 12.6. The Balaban J connectivity index is 1.95. The monoisotopic (exact) mass is 303 g/mol. The first-order valence-electron chi connectivity index (χ1n) is 6.95. The first-order valence-corrected chi connectivity index (χ1v) is 7.83. The number of hydrogen-bond acceptors (Lipinski definition) is 4. The molecule has 1 heterocycles.